The Hall–Kier alpha value is -2.67. The van der Waals surface area contributed by atoms with Crippen LogP contribution >= 0.6 is 11.8 Å². The number of hydrogen-bond acceptors (Lipinski definition) is 6. The summed E-state index contributed by atoms with van der Waals surface area (Å²) in [5.41, 5.74) is 2.95. The molecule has 134 valence electrons. The summed E-state index contributed by atoms with van der Waals surface area (Å²) in [6, 6.07) is 9.33. The van der Waals surface area contributed by atoms with Crippen molar-refractivity contribution in [1.29, 1.82) is 0 Å². The zero-order valence-electron chi connectivity index (χ0n) is 15.1. The van der Waals surface area contributed by atoms with Crippen LogP contribution in [0, 0.1) is 20.8 Å². The summed E-state index contributed by atoms with van der Waals surface area (Å²) >= 11 is 1.47. The van der Waals surface area contributed by atoms with Gasteiger partial charge in [0.1, 0.15) is 11.1 Å². The van der Waals surface area contributed by atoms with E-state index >= 15 is 0 Å². The van der Waals surface area contributed by atoms with Crippen LogP contribution in [0.15, 0.2) is 51.0 Å². The maximum atomic E-state index is 12.7. The summed E-state index contributed by atoms with van der Waals surface area (Å²) < 4.78 is 5.12. The average Bonchev–Trinajstić information content (AvgIpc) is 3.05. The third-order valence-corrected chi connectivity index (χ3v) is 4.98. The fraction of sp³-hybridized carbons (Fsp3) is 0.263. The highest BCUT2D eigenvalue weighted by Crippen LogP contribution is 2.30. The van der Waals surface area contributed by atoms with Crippen LogP contribution in [-0.4, -0.2) is 21.0 Å². The number of benzene rings is 1. The number of carbonyl (C=O) groups excluding carboxylic acids is 1. The first kappa shape index (κ1) is 18.1. The summed E-state index contributed by atoms with van der Waals surface area (Å²) in [7, 11) is 0. The molecule has 0 saturated carbocycles. The largest absolute Gasteiger partial charge is 0.340 e. The number of carbonyl (C=O) groups is 1. The third kappa shape index (κ3) is 4.11. The molecule has 1 aromatic carbocycles. The van der Waals surface area contributed by atoms with Crippen molar-refractivity contribution in [2.45, 2.75) is 43.7 Å². The van der Waals surface area contributed by atoms with Crippen molar-refractivity contribution >= 4 is 17.7 Å². The molecule has 0 radical (unpaired) electrons. The molecule has 2 heterocycles. The predicted octanol–water partition coefficient (Wildman–Crippen LogP) is 4.03. The van der Waals surface area contributed by atoms with E-state index < -0.39 is 0 Å². The van der Waals surface area contributed by atoms with Crippen LogP contribution < -0.4 is 5.32 Å². The first-order chi connectivity index (χ1) is 12.4. The fourth-order valence-corrected chi connectivity index (χ4v) is 3.34. The second kappa shape index (κ2) is 7.70. The molecule has 3 aromatic rings. The van der Waals surface area contributed by atoms with Gasteiger partial charge in [0.2, 0.25) is 5.89 Å². The maximum Gasteiger partial charge on any atom is 0.254 e. The number of hydrogen-bond donors (Lipinski definition) is 1. The Balaban J connectivity index is 1.79. The SMILES string of the molecule is Cc1noc(C(C)NC(=O)c2cccnc2Sc2ccc(C)c(C)c2)n1. The molecule has 1 amide bonds. The molecule has 0 aliphatic heterocycles. The molecule has 1 atom stereocenters. The van der Waals surface area contributed by atoms with Crippen molar-refractivity contribution in [1.82, 2.24) is 20.4 Å². The standard InChI is InChI=1S/C19H20N4O2S/c1-11-7-8-15(10-12(11)2)26-19-16(6-5-9-20-19)17(24)21-13(3)18-22-14(4)23-25-18/h5-10,13H,1-4H3,(H,21,24). The van der Waals surface area contributed by atoms with Crippen LogP contribution in [0.25, 0.3) is 0 Å². The average molecular weight is 368 g/mol. The molecule has 1 unspecified atom stereocenters. The van der Waals surface area contributed by atoms with Gasteiger partial charge in [0, 0.05) is 11.1 Å². The quantitative estimate of drug-likeness (QED) is 0.732. The van der Waals surface area contributed by atoms with Crippen LogP contribution in [0.5, 0.6) is 0 Å². The summed E-state index contributed by atoms with van der Waals surface area (Å²) in [6.07, 6.45) is 1.69. The molecule has 0 spiro atoms. The number of aromatic nitrogens is 3. The van der Waals surface area contributed by atoms with Crippen molar-refractivity contribution in [3.63, 3.8) is 0 Å². The van der Waals surface area contributed by atoms with Gasteiger partial charge < -0.3 is 9.84 Å². The first-order valence-electron chi connectivity index (χ1n) is 8.25. The van der Waals surface area contributed by atoms with E-state index in [2.05, 4.69) is 46.4 Å². The van der Waals surface area contributed by atoms with Crippen molar-refractivity contribution in [2.24, 2.45) is 0 Å². The van der Waals surface area contributed by atoms with Crippen LogP contribution in [0.3, 0.4) is 0 Å². The van der Waals surface area contributed by atoms with Gasteiger partial charge in [0.25, 0.3) is 5.91 Å². The van der Waals surface area contributed by atoms with Gasteiger partial charge >= 0.3 is 0 Å². The molecule has 6 nitrogen and oxygen atoms in total. The molecular weight excluding hydrogens is 348 g/mol. The Morgan fingerprint density at radius 3 is 2.69 bits per heavy atom. The fourth-order valence-electron chi connectivity index (χ4n) is 2.36. The van der Waals surface area contributed by atoms with Crippen LogP contribution in [0.4, 0.5) is 0 Å². The monoisotopic (exact) mass is 368 g/mol. The van der Waals surface area contributed by atoms with Gasteiger partial charge in [0.15, 0.2) is 5.82 Å². The number of pyridine rings is 1. The first-order valence-corrected chi connectivity index (χ1v) is 9.07. The topological polar surface area (TPSA) is 80.9 Å². The van der Waals surface area contributed by atoms with Gasteiger partial charge in [-0.1, -0.05) is 23.0 Å². The summed E-state index contributed by atoms with van der Waals surface area (Å²) in [6.45, 7) is 7.68. The highest BCUT2D eigenvalue weighted by Gasteiger charge is 2.19. The molecule has 0 bridgehead atoms. The lowest BCUT2D eigenvalue weighted by molar-refractivity contribution is 0.0929. The zero-order chi connectivity index (χ0) is 18.7. The molecule has 26 heavy (non-hydrogen) atoms. The third-order valence-electron chi connectivity index (χ3n) is 3.97. The normalized spacial score (nSPS) is 12.0. The molecule has 3 rings (SSSR count). The highest BCUT2D eigenvalue weighted by molar-refractivity contribution is 7.99. The molecule has 2 aromatic heterocycles. The van der Waals surface area contributed by atoms with Gasteiger partial charge in [-0.3, -0.25) is 4.79 Å². The van der Waals surface area contributed by atoms with E-state index in [-0.39, 0.29) is 11.9 Å². The van der Waals surface area contributed by atoms with E-state index in [1.807, 2.05) is 6.07 Å². The van der Waals surface area contributed by atoms with Gasteiger partial charge in [-0.2, -0.15) is 4.98 Å². The second-order valence-corrected chi connectivity index (χ2v) is 7.14. The van der Waals surface area contributed by atoms with Crippen LogP contribution in [-0.2, 0) is 0 Å². The van der Waals surface area contributed by atoms with Crippen molar-refractivity contribution in [3.05, 3.63) is 64.9 Å². The summed E-state index contributed by atoms with van der Waals surface area (Å²) in [4.78, 5) is 22.3. The minimum absolute atomic E-state index is 0.229. The Labute approximate surface area is 156 Å². The Bertz CT molecular complexity index is 939. The minimum atomic E-state index is -0.386. The minimum Gasteiger partial charge on any atom is -0.340 e. The molecule has 7 heteroatoms. The number of nitrogens with zero attached hydrogens (tertiary/aromatic N) is 3. The summed E-state index contributed by atoms with van der Waals surface area (Å²) in [5, 5.41) is 7.29. The smallest absolute Gasteiger partial charge is 0.254 e. The number of rotatable bonds is 5. The number of aryl methyl sites for hydroxylation is 3. The zero-order valence-corrected chi connectivity index (χ0v) is 15.9. The van der Waals surface area contributed by atoms with Gasteiger partial charge in [0.05, 0.1) is 5.56 Å². The Kier molecular flexibility index (Phi) is 5.37. The molecule has 0 aliphatic carbocycles. The van der Waals surface area contributed by atoms with E-state index in [4.69, 9.17) is 4.52 Å². The lowest BCUT2D eigenvalue weighted by Crippen LogP contribution is -2.27. The molecule has 1 N–H and O–H groups in total. The van der Waals surface area contributed by atoms with Crippen LogP contribution in [0.2, 0.25) is 0 Å². The van der Waals surface area contributed by atoms with Crippen molar-refractivity contribution in [2.75, 3.05) is 0 Å². The Morgan fingerprint density at radius 2 is 2.00 bits per heavy atom. The van der Waals surface area contributed by atoms with E-state index in [0.29, 0.717) is 22.3 Å². The lowest BCUT2D eigenvalue weighted by atomic mass is 10.1. The van der Waals surface area contributed by atoms with E-state index in [1.54, 1.807) is 32.2 Å². The highest BCUT2D eigenvalue weighted by atomic mass is 32.2. The molecule has 0 fully saturated rings. The van der Waals surface area contributed by atoms with E-state index in [1.165, 1.54) is 22.9 Å². The predicted molar refractivity (Wildman–Crippen MR) is 99.2 cm³/mol. The molecular formula is C19H20N4O2S. The number of nitrogens with one attached hydrogen (secondary N) is 1. The molecule has 0 aliphatic rings. The van der Waals surface area contributed by atoms with Crippen molar-refractivity contribution in [3.8, 4) is 0 Å². The number of amides is 1. The lowest BCUT2D eigenvalue weighted by Gasteiger charge is -2.12. The molecule has 0 saturated heterocycles. The van der Waals surface area contributed by atoms with Gasteiger partial charge in [-0.25, -0.2) is 4.98 Å². The van der Waals surface area contributed by atoms with Crippen molar-refractivity contribution < 1.29 is 9.32 Å². The van der Waals surface area contributed by atoms with E-state index in [9.17, 15) is 4.79 Å². The van der Waals surface area contributed by atoms with Crippen LogP contribution in [0.1, 0.15) is 46.2 Å². The van der Waals surface area contributed by atoms with Gasteiger partial charge in [-0.05, 0) is 63.1 Å². The maximum absolute atomic E-state index is 12.7. The van der Waals surface area contributed by atoms with E-state index in [0.717, 1.165) is 4.90 Å². The summed E-state index contributed by atoms with van der Waals surface area (Å²) in [5.74, 6) is 0.685. The second-order valence-electron chi connectivity index (χ2n) is 6.08. The Morgan fingerprint density at radius 1 is 1.19 bits per heavy atom. The van der Waals surface area contributed by atoms with Gasteiger partial charge in [-0.15, -0.1) is 0 Å².